The van der Waals surface area contributed by atoms with Crippen LogP contribution in [0.4, 0.5) is 0 Å². The monoisotopic (exact) mass is 254 g/mol. The van der Waals surface area contributed by atoms with Crippen molar-refractivity contribution in [2.24, 2.45) is 0 Å². The van der Waals surface area contributed by atoms with Crippen molar-refractivity contribution in [3.63, 3.8) is 0 Å². The SMILES string of the molecule is CCOC(=O)c1oc2c(Cl)cccc2c1CO. The largest absolute Gasteiger partial charge is 0.460 e. The number of furan rings is 1. The molecule has 17 heavy (non-hydrogen) atoms. The molecule has 5 heteroatoms. The lowest BCUT2D eigenvalue weighted by atomic mass is 10.1. The molecule has 1 N–H and O–H groups in total. The van der Waals surface area contributed by atoms with E-state index in [1.165, 1.54) is 0 Å². The topological polar surface area (TPSA) is 59.7 Å². The van der Waals surface area contributed by atoms with Gasteiger partial charge in [0.05, 0.1) is 18.2 Å². The first kappa shape index (κ1) is 12.0. The van der Waals surface area contributed by atoms with E-state index in [4.69, 9.17) is 20.8 Å². The molecular weight excluding hydrogens is 244 g/mol. The van der Waals surface area contributed by atoms with Crippen LogP contribution in [0.5, 0.6) is 0 Å². The van der Waals surface area contributed by atoms with Gasteiger partial charge >= 0.3 is 5.97 Å². The molecule has 0 aliphatic carbocycles. The van der Waals surface area contributed by atoms with E-state index in [0.717, 1.165) is 0 Å². The molecule has 90 valence electrons. The molecule has 1 aromatic carbocycles. The maximum atomic E-state index is 11.6. The zero-order valence-corrected chi connectivity index (χ0v) is 9.95. The number of carbonyl (C=O) groups is 1. The minimum atomic E-state index is -0.594. The summed E-state index contributed by atoms with van der Waals surface area (Å²) in [7, 11) is 0. The molecule has 0 radical (unpaired) electrons. The lowest BCUT2D eigenvalue weighted by Gasteiger charge is -1.99. The van der Waals surface area contributed by atoms with Gasteiger partial charge in [0, 0.05) is 10.9 Å². The first-order valence-corrected chi connectivity index (χ1v) is 5.54. The molecular formula is C12H11ClO4. The third kappa shape index (κ3) is 2.01. The van der Waals surface area contributed by atoms with Gasteiger partial charge in [0.25, 0.3) is 0 Å². The lowest BCUT2D eigenvalue weighted by Crippen LogP contribution is -2.05. The van der Waals surface area contributed by atoms with Crippen molar-refractivity contribution in [2.75, 3.05) is 6.61 Å². The van der Waals surface area contributed by atoms with Crippen LogP contribution in [0.2, 0.25) is 5.02 Å². The standard InChI is InChI=1S/C12H11ClO4/c1-2-16-12(15)11-8(6-14)7-4-3-5-9(13)10(7)17-11/h3-5,14H,2,6H2,1H3. The van der Waals surface area contributed by atoms with Crippen molar-refractivity contribution in [1.29, 1.82) is 0 Å². The maximum Gasteiger partial charge on any atom is 0.374 e. The number of aliphatic hydroxyl groups excluding tert-OH is 1. The fourth-order valence-corrected chi connectivity index (χ4v) is 1.87. The van der Waals surface area contributed by atoms with Crippen LogP contribution in [0, 0.1) is 0 Å². The molecule has 0 aliphatic heterocycles. The number of ether oxygens (including phenoxy) is 1. The number of aliphatic hydroxyl groups is 1. The van der Waals surface area contributed by atoms with Gasteiger partial charge in [0.2, 0.25) is 5.76 Å². The first-order chi connectivity index (χ1) is 8.19. The van der Waals surface area contributed by atoms with Gasteiger partial charge < -0.3 is 14.3 Å². The lowest BCUT2D eigenvalue weighted by molar-refractivity contribution is 0.0488. The van der Waals surface area contributed by atoms with Crippen molar-refractivity contribution in [3.05, 3.63) is 34.5 Å². The third-order valence-electron chi connectivity index (χ3n) is 2.39. The van der Waals surface area contributed by atoms with Gasteiger partial charge in [-0.25, -0.2) is 4.79 Å². The number of benzene rings is 1. The molecule has 0 spiro atoms. The van der Waals surface area contributed by atoms with Crippen LogP contribution in [0.25, 0.3) is 11.0 Å². The van der Waals surface area contributed by atoms with E-state index in [-0.39, 0.29) is 19.0 Å². The van der Waals surface area contributed by atoms with Crippen molar-refractivity contribution in [2.45, 2.75) is 13.5 Å². The van der Waals surface area contributed by atoms with Gasteiger partial charge in [0.1, 0.15) is 0 Å². The van der Waals surface area contributed by atoms with E-state index >= 15 is 0 Å². The third-order valence-corrected chi connectivity index (χ3v) is 2.69. The van der Waals surface area contributed by atoms with Gasteiger partial charge in [-0.1, -0.05) is 23.7 Å². The Morgan fingerprint density at radius 1 is 1.53 bits per heavy atom. The molecule has 1 aromatic heterocycles. The Morgan fingerprint density at radius 2 is 2.29 bits per heavy atom. The summed E-state index contributed by atoms with van der Waals surface area (Å²) in [5.74, 6) is -0.582. The predicted molar refractivity (Wildman–Crippen MR) is 63.1 cm³/mol. The summed E-state index contributed by atoms with van der Waals surface area (Å²) in [5.41, 5.74) is 0.794. The molecule has 4 nitrogen and oxygen atoms in total. The Hall–Kier alpha value is -1.52. The Labute approximate surface area is 103 Å². The zero-order valence-electron chi connectivity index (χ0n) is 9.20. The normalized spacial score (nSPS) is 10.8. The van der Waals surface area contributed by atoms with Gasteiger partial charge in [-0.3, -0.25) is 0 Å². The number of hydrogen-bond donors (Lipinski definition) is 1. The smallest absolute Gasteiger partial charge is 0.374 e. The van der Waals surface area contributed by atoms with Crippen molar-refractivity contribution >= 4 is 28.5 Å². The van der Waals surface area contributed by atoms with Crippen molar-refractivity contribution in [1.82, 2.24) is 0 Å². The van der Waals surface area contributed by atoms with E-state index in [1.54, 1.807) is 25.1 Å². The number of para-hydroxylation sites is 1. The number of hydrogen-bond acceptors (Lipinski definition) is 4. The minimum absolute atomic E-state index is 0.0115. The fourth-order valence-electron chi connectivity index (χ4n) is 1.65. The summed E-state index contributed by atoms with van der Waals surface area (Å²) in [6.45, 7) is 1.64. The van der Waals surface area contributed by atoms with E-state index in [2.05, 4.69) is 0 Å². The Balaban J connectivity index is 2.63. The Kier molecular flexibility index (Phi) is 3.36. The second-order valence-electron chi connectivity index (χ2n) is 3.40. The van der Waals surface area contributed by atoms with Crippen LogP contribution in [-0.4, -0.2) is 17.7 Å². The van der Waals surface area contributed by atoms with E-state index in [0.29, 0.717) is 21.6 Å². The first-order valence-electron chi connectivity index (χ1n) is 5.17. The summed E-state index contributed by atoms with van der Waals surface area (Å²) < 4.78 is 10.2. The fraction of sp³-hybridized carbons (Fsp3) is 0.250. The molecule has 1 heterocycles. The molecule has 0 fully saturated rings. The summed E-state index contributed by atoms with van der Waals surface area (Å²) in [5, 5.41) is 10.3. The number of carbonyl (C=O) groups excluding carboxylic acids is 1. The van der Waals surface area contributed by atoms with E-state index < -0.39 is 5.97 Å². The van der Waals surface area contributed by atoms with Gasteiger partial charge in [0.15, 0.2) is 5.58 Å². The second kappa shape index (κ2) is 4.77. The zero-order chi connectivity index (χ0) is 12.4. The average Bonchev–Trinajstić information content (AvgIpc) is 2.69. The van der Waals surface area contributed by atoms with Gasteiger partial charge in [-0.2, -0.15) is 0 Å². The molecule has 0 atom stereocenters. The highest BCUT2D eigenvalue weighted by atomic mass is 35.5. The molecule has 2 aromatic rings. The number of rotatable bonds is 3. The summed E-state index contributed by atoms with van der Waals surface area (Å²) in [6, 6.07) is 5.12. The molecule has 0 aliphatic rings. The molecule has 0 bridgehead atoms. The predicted octanol–water partition coefficient (Wildman–Crippen LogP) is 2.76. The van der Waals surface area contributed by atoms with Crippen LogP contribution in [0.15, 0.2) is 22.6 Å². The molecule has 0 unspecified atom stereocenters. The summed E-state index contributed by atoms with van der Waals surface area (Å²) >= 11 is 5.95. The molecule has 0 saturated heterocycles. The number of halogens is 1. The van der Waals surface area contributed by atoms with Crippen LogP contribution >= 0.6 is 11.6 Å². The van der Waals surface area contributed by atoms with E-state index in [1.807, 2.05) is 0 Å². The van der Waals surface area contributed by atoms with Crippen LogP contribution < -0.4 is 0 Å². The highest BCUT2D eigenvalue weighted by molar-refractivity contribution is 6.35. The minimum Gasteiger partial charge on any atom is -0.460 e. The average molecular weight is 255 g/mol. The quantitative estimate of drug-likeness (QED) is 0.856. The number of fused-ring (bicyclic) bond motifs is 1. The maximum absolute atomic E-state index is 11.6. The van der Waals surface area contributed by atoms with E-state index in [9.17, 15) is 9.90 Å². The molecule has 0 amide bonds. The molecule has 2 rings (SSSR count). The molecule has 0 saturated carbocycles. The highest BCUT2D eigenvalue weighted by Gasteiger charge is 2.21. The number of esters is 1. The Bertz CT molecular complexity index is 559. The van der Waals surface area contributed by atoms with Crippen LogP contribution in [-0.2, 0) is 11.3 Å². The summed E-state index contributed by atoms with van der Waals surface area (Å²) in [6.07, 6.45) is 0. The van der Waals surface area contributed by atoms with Crippen LogP contribution in [0.1, 0.15) is 23.0 Å². The Morgan fingerprint density at radius 3 is 2.94 bits per heavy atom. The van der Waals surface area contributed by atoms with Gasteiger partial charge in [-0.05, 0) is 13.0 Å². The van der Waals surface area contributed by atoms with Crippen molar-refractivity contribution in [3.8, 4) is 0 Å². The van der Waals surface area contributed by atoms with Gasteiger partial charge in [-0.15, -0.1) is 0 Å². The second-order valence-corrected chi connectivity index (χ2v) is 3.81. The summed E-state index contributed by atoms with van der Waals surface area (Å²) in [4.78, 5) is 11.6. The van der Waals surface area contributed by atoms with Crippen molar-refractivity contribution < 1.29 is 19.1 Å². The highest BCUT2D eigenvalue weighted by Crippen LogP contribution is 2.31. The van der Waals surface area contributed by atoms with Crippen LogP contribution in [0.3, 0.4) is 0 Å².